The van der Waals surface area contributed by atoms with Gasteiger partial charge in [0.05, 0.1) is 0 Å². The molecule has 1 N–H and O–H groups in total. The molecule has 20 heavy (non-hydrogen) atoms. The molecule has 0 radical (unpaired) electrons. The van der Waals surface area contributed by atoms with E-state index in [9.17, 15) is 9.59 Å². The lowest BCUT2D eigenvalue weighted by molar-refractivity contribution is 0.0469. The van der Waals surface area contributed by atoms with Crippen LogP contribution in [0.2, 0.25) is 0 Å². The molecule has 0 aromatic carbocycles. The summed E-state index contributed by atoms with van der Waals surface area (Å²) in [6, 6.07) is 5.15. The lowest BCUT2D eigenvalue weighted by Gasteiger charge is -2.06. The molecule has 0 aliphatic carbocycles. The van der Waals surface area contributed by atoms with Crippen molar-refractivity contribution in [2.45, 2.75) is 27.3 Å². The number of rotatable bonds is 5. The van der Waals surface area contributed by atoms with Crippen LogP contribution in [0.5, 0.6) is 0 Å². The van der Waals surface area contributed by atoms with Gasteiger partial charge in [0.15, 0.2) is 6.61 Å². The predicted molar refractivity (Wildman–Crippen MR) is 75.0 cm³/mol. The van der Waals surface area contributed by atoms with Gasteiger partial charge in [0, 0.05) is 29.7 Å². The molecule has 2 heterocycles. The molecule has 0 aliphatic rings. The van der Waals surface area contributed by atoms with Crippen molar-refractivity contribution in [1.29, 1.82) is 0 Å². The molecule has 2 aromatic heterocycles. The summed E-state index contributed by atoms with van der Waals surface area (Å²) in [5.41, 5.74) is 2.90. The summed E-state index contributed by atoms with van der Waals surface area (Å²) < 4.78 is 7.07. The molecule has 0 aliphatic heterocycles. The number of aryl methyl sites for hydroxylation is 1. The standard InChI is InChI=1S/C15H18N2O3/c1-4-17-10(2)8-12(11(17)3)14(18)9-20-15(19)13-6-5-7-16-13/h5-8,16H,4,9H2,1-3H3. The highest BCUT2D eigenvalue weighted by Gasteiger charge is 2.17. The van der Waals surface area contributed by atoms with Crippen molar-refractivity contribution in [2.24, 2.45) is 0 Å². The quantitative estimate of drug-likeness (QED) is 0.673. The van der Waals surface area contributed by atoms with Gasteiger partial charge < -0.3 is 14.3 Å². The molecule has 0 spiro atoms. The highest BCUT2D eigenvalue weighted by molar-refractivity contribution is 6.00. The van der Waals surface area contributed by atoms with Gasteiger partial charge in [-0.2, -0.15) is 0 Å². The minimum absolute atomic E-state index is 0.183. The summed E-state index contributed by atoms with van der Waals surface area (Å²) in [5, 5.41) is 0. The van der Waals surface area contributed by atoms with Gasteiger partial charge in [-0.05, 0) is 39.0 Å². The summed E-state index contributed by atoms with van der Waals surface area (Å²) in [6.07, 6.45) is 1.63. The average Bonchev–Trinajstić information content (AvgIpc) is 3.04. The third-order valence-electron chi connectivity index (χ3n) is 3.34. The van der Waals surface area contributed by atoms with E-state index in [-0.39, 0.29) is 12.4 Å². The SMILES string of the molecule is CCn1c(C)cc(C(=O)COC(=O)c2ccc[nH]2)c1C. The number of Topliss-reactive ketones (excluding diaryl/α,β-unsaturated/α-hetero) is 1. The van der Waals surface area contributed by atoms with E-state index in [0.29, 0.717) is 11.3 Å². The Kier molecular flexibility index (Phi) is 4.08. The van der Waals surface area contributed by atoms with E-state index in [1.807, 2.05) is 26.8 Å². The Labute approximate surface area is 117 Å². The van der Waals surface area contributed by atoms with Gasteiger partial charge >= 0.3 is 5.97 Å². The summed E-state index contributed by atoms with van der Waals surface area (Å²) in [5.74, 6) is -0.703. The number of hydrogen-bond acceptors (Lipinski definition) is 3. The van der Waals surface area contributed by atoms with Crippen LogP contribution in [-0.4, -0.2) is 27.9 Å². The number of carbonyl (C=O) groups excluding carboxylic acids is 2. The topological polar surface area (TPSA) is 64.1 Å². The van der Waals surface area contributed by atoms with Gasteiger partial charge in [0.25, 0.3) is 0 Å². The first-order chi connectivity index (χ1) is 9.54. The Balaban J connectivity index is 2.04. The van der Waals surface area contributed by atoms with Crippen molar-refractivity contribution >= 4 is 11.8 Å². The van der Waals surface area contributed by atoms with E-state index in [4.69, 9.17) is 4.74 Å². The maximum absolute atomic E-state index is 12.1. The van der Waals surface area contributed by atoms with Crippen LogP contribution in [0.25, 0.3) is 0 Å². The Bertz CT molecular complexity index is 624. The molecule has 0 amide bonds. The molecule has 0 saturated heterocycles. The van der Waals surface area contributed by atoms with Crippen LogP contribution in [0.1, 0.15) is 39.2 Å². The van der Waals surface area contributed by atoms with Crippen molar-refractivity contribution in [3.8, 4) is 0 Å². The first-order valence-electron chi connectivity index (χ1n) is 6.55. The van der Waals surface area contributed by atoms with Gasteiger partial charge in [-0.25, -0.2) is 4.79 Å². The van der Waals surface area contributed by atoms with E-state index < -0.39 is 5.97 Å². The minimum Gasteiger partial charge on any atom is -0.453 e. The van der Waals surface area contributed by atoms with Crippen LogP contribution in [0, 0.1) is 13.8 Å². The molecule has 0 saturated carbocycles. The molecule has 5 nitrogen and oxygen atoms in total. The summed E-state index contributed by atoms with van der Waals surface area (Å²) in [6.45, 7) is 6.45. The van der Waals surface area contributed by atoms with Gasteiger partial charge in [0.2, 0.25) is 5.78 Å². The second-order valence-corrected chi connectivity index (χ2v) is 4.61. The second-order valence-electron chi connectivity index (χ2n) is 4.61. The Morgan fingerprint density at radius 3 is 2.65 bits per heavy atom. The number of aromatic amines is 1. The van der Waals surface area contributed by atoms with Crippen LogP contribution in [-0.2, 0) is 11.3 Å². The molecule has 2 rings (SSSR count). The Morgan fingerprint density at radius 1 is 1.35 bits per heavy atom. The van der Waals surface area contributed by atoms with Crippen LogP contribution >= 0.6 is 0 Å². The number of nitrogens with zero attached hydrogens (tertiary/aromatic N) is 1. The molecule has 106 valence electrons. The Hall–Kier alpha value is -2.30. The molecule has 0 unspecified atom stereocenters. The lowest BCUT2D eigenvalue weighted by atomic mass is 10.1. The number of esters is 1. The number of hydrogen-bond donors (Lipinski definition) is 1. The number of aromatic nitrogens is 2. The molecule has 0 fully saturated rings. The minimum atomic E-state index is -0.521. The zero-order valence-electron chi connectivity index (χ0n) is 11.9. The van der Waals surface area contributed by atoms with E-state index >= 15 is 0 Å². The van der Waals surface area contributed by atoms with Crippen LogP contribution < -0.4 is 0 Å². The zero-order valence-corrected chi connectivity index (χ0v) is 11.9. The van der Waals surface area contributed by atoms with E-state index in [2.05, 4.69) is 9.55 Å². The van der Waals surface area contributed by atoms with Gasteiger partial charge in [0.1, 0.15) is 5.69 Å². The molecule has 5 heteroatoms. The normalized spacial score (nSPS) is 10.6. The van der Waals surface area contributed by atoms with Crippen molar-refractivity contribution in [3.63, 3.8) is 0 Å². The fraction of sp³-hybridized carbons (Fsp3) is 0.333. The van der Waals surface area contributed by atoms with Gasteiger partial charge in [-0.15, -0.1) is 0 Å². The number of ketones is 1. The van der Waals surface area contributed by atoms with Crippen LogP contribution in [0.15, 0.2) is 24.4 Å². The zero-order chi connectivity index (χ0) is 14.7. The summed E-state index contributed by atoms with van der Waals surface area (Å²) in [4.78, 5) is 26.5. The number of nitrogens with one attached hydrogen (secondary N) is 1. The van der Waals surface area contributed by atoms with E-state index in [0.717, 1.165) is 17.9 Å². The molecule has 2 aromatic rings. The highest BCUT2D eigenvalue weighted by Crippen LogP contribution is 2.15. The second kappa shape index (κ2) is 5.77. The molecular weight excluding hydrogens is 256 g/mol. The third kappa shape index (κ3) is 2.66. The maximum Gasteiger partial charge on any atom is 0.355 e. The van der Waals surface area contributed by atoms with Crippen molar-refractivity contribution in [3.05, 3.63) is 47.0 Å². The van der Waals surface area contributed by atoms with E-state index in [1.54, 1.807) is 18.3 Å². The van der Waals surface area contributed by atoms with Crippen molar-refractivity contribution < 1.29 is 14.3 Å². The largest absolute Gasteiger partial charge is 0.453 e. The van der Waals surface area contributed by atoms with Crippen molar-refractivity contribution in [1.82, 2.24) is 9.55 Å². The van der Waals surface area contributed by atoms with Crippen LogP contribution in [0.3, 0.4) is 0 Å². The molecule has 0 bridgehead atoms. The van der Waals surface area contributed by atoms with E-state index in [1.165, 1.54) is 0 Å². The average molecular weight is 274 g/mol. The van der Waals surface area contributed by atoms with Gasteiger partial charge in [-0.1, -0.05) is 0 Å². The number of ether oxygens (including phenoxy) is 1. The fourth-order valence-corrected chi connectivity index (χ4v) is 2.31. The monoisotopic (exact) mass is 274 g/mol. The summed E-state index contributed by atoms with van der Waals surface area (Å²) in [7, 11) is 0. The Morgan fingerprint density at radius 2 is 2.10 bits per heavy atom. The third-order valence-corrected chi connectivity index (χ3v) is 3.34. The molecule has 0 atom stereocenters. The fourth-order valence-electron chi connectivity index (χ4n) is 2.31. The highest BCUT2D eigenvalue weighted by atomic mass is 16.5. The summed E-state index contributed by atoms with van der Waals surface area (Å²) >= 11 is 0. The maximum atomic E-state index is 12.1. The first kappa shape index (κ1) is 14.1. The predicted octanol–water partition coefficient (Wildman–Crippen LogP) is 2.49. The lowest BCUT2D eigenvalue weighted by Crippen LogP contribution is -2.15. The van der Waals surface area contributed by atoms with Crippen molar-refractivity contribution in [2.75, 3.05) is 6.61 Å². The number of H-pyrrole nitrogens is 1. The van der Waals surface area contributed by atoms with Crippen LogP contribution in [0.4, 0.5) is 0 Å². The smallest absolute Gasteiger partial charge is 0.355 e. The first-order valence-corrected chi connectivity index (χ1v) is 6.55. The number of carbonyl (C=O) groups is 2. The molecular formula is C15H18N2O3. The van der Waals surface area contributed by atoms with Gasteiger partial charge in [-0.3, -0.25) is 4.79 Å².